The smallest absolute Gasteiger partial charge is 0.231 e. The number of amides is 1. The lowest BCUT2D eigenvalue weighted by Gasteiger charge is -2.27. The quantitative estimate of drug-likeness (QED) is 0.357. The van der Waals surface area contributed by atoms with Gasteiger partial charge < -0.3 is 19.2 Å². The van der Waals surface area contributed by atoms with Gasteiger partial charge in [-0.05, 0) is 37.0 Å². The molecule has 3 aromatic heterocycles. The summed E-state index contributed by atoms with van der Waals surface area (Å²) in [5.41, 5.74) is 0.980. The van der Waals surface area contributed by atoms with E-state index in [0.717, 1.165) is 49.0 Å². The molecule has 0 bridgehead atoms. The van der Waals surface area contributed by atoms with Crippen LogP contribution in [0.3, 0.4) is 0 Å². The van der Waals surface area contributed by atoms with Crippen LogP contribution in [0.25, 0.3) is 0 Å². The summed E-state index contributed by atoms with van der Waals surface area (Å²) in [4.78, 5) is 19.8. The fourth-order valence-electron chi connectivity index (χ4n) is 4.34. The van der Waals surface area contributed by atoms with E-state index < -0.39 is 0 Å². The lowest BCUT2D eigenvalue weighted by molar-refractivity contribution is -0.119. The topological polar surface area (TPSA) is 94.0 Å². The molecule has 1 N–H and O–H groups in total. The van der Waals surface area contributed by atoms with E-state index in [2.05, 4.69) is 30.0 Å². The molecule has 1 unspecified atom stereocenters. The van der Waals surface area contributed by atoms with Crippen LogP contribution in [0.15, 0.2) is 70.7 Å². The van der Waals surface area contributed by atoms with Gasteiger partial charge in [-0.25, -0.2) is 4.98 Å². The summed E-state index contributed by atoms with van der Waals surface area (Å²) in [5.74, 6) is 2.55. The lowest BCUT2D eigenvalue weighted by Crippen LogP contribution is -2.32. The number of anilines is 1. The third-order valence-corrected chi connectivity index (χ3v) is 7.08. The Bertz CT molecular complexity index is 1230. The van der Waals surface area contributed by atoms with Crippen LogP contribution in [0.5, 0.6) is 0 Å². The molecular formula is C25H29N7O2S. The number of hydrogen-bond donors (Lipinski definition) is 1. The summed E-state index contributed by atoms with van der Waals surface area (Å²) in [6.45, 7) is 2.45. The molecule has 5 rings (SSSR count). The third-order valence-electron chi connectivity index (χ3n) is 6.12. The van der Waals surface area contributed by atoms with E-state index in [1.54, 1.807) is 12.5 Å². The second-order valence-corrected chi connectivity index (χ2v) is 9.53. The largest absolute Gasteiger partial charge is 0.467 e. The van der Waals surface area contributed by atoms with Crippen LogP contribution in [-0.4, -0.2) is 49.1 Å². The number of hydrogen-bond acceptors (Lipinski definition) is 7. The highest BCUT2D eigenvalue weighted by Gasteiger charge is 2.24. The molecule has 1 atom stereocenters. The van der Waals surface area contributed by atoms with E-state index in [9.17, 15) is 4.79 Å². The van der Waals surface area contributed by atoms with Gasteiger partial charge in [0.2, 0.25) is 11.9 Å². The highest BCUT2D eigenvalue weighted by atomic mass is 32.2. The van der Waals surface area contributed by atoms with Gasteiger partial charge in [-0.3, -0.25) is 9.36 Å². The Labute approximate surface area is 208 Å². The van der Waals surface area contributed by atoms with Gasteiger partial charge in [-0.2, -0.15) is 0 Å². The minimum Gasteiger partial charge on any atom is -0.467 e. The predicted octanol–water partition coefficient (Wildman–Crippen LogP) is 3.64. The Morgan fingerprint density at radius 3 is 2.66 bits per heavy atom. The molecule has 0 saturated carbocycles. The first-order chi connectivity index (χ1) is 17.2. The first-order valence-electron chi connectivity index (χ1n) is 11.8. The third kappa shape index (κ3) is 5.43. The molecule has 1 saturated heterocycles. The summed E-state index contributed by atoms with van der Waals surface area (Å²) in [6, 6.07) is 13.4. The van der Waals surface area contributed by atoms with Crippen LogP contribution in [0, 0.1) is 0 Å². The number of aryl methyl sites for hydroxylation is 1. The van der Waals surface area contributed by atoms with Crippen molar-refractivity contribution in [3.8, 4) is 0 Å². The molecule has 1 fully saturated rings. The SMILES string of the molecule is Cn1ccnc1C(NC(=O)CSc1nnc(N2CCCCC2)n1Cc1ccco1)c1ccccc1. The number of nitrogens with zero attached hydrogens (tertiary/aromatic N) is 6. The van der Waals surface area contributed by atoms with Crippen molar-refractivity contribution in [3.05, 3.63) is 78.3 Å². The van der Waals surface area contributed by atoms with E-state index in [4.69, 9.17) is 4.42 Å². The van der Waals surface area contributed by atoms with Crippen LogP contribution in [0.1, 0.15) is 42.5 Å². The van der Waals surface area contributed by atoms with Crippen LogP contribution >= 0.6 is 11.8 Å². The zero-order valence-electron chi connectivity index (χ0n) is 19.7. The fraction of sp³-hybridized carbons (Fsp3) is 0.360. The molecule has 4 heterocycles. The van der Waals surface area contributed by atoms with E-state index in [-0.39, 0.29) is 17.7 Å². The maximum atomic E-state index is 13.1. The monoisotopic (exact) mass is 491 g/mol. The second kappa shape index (κ2) is 10.8. The van der Waals surface area contributed by atoms with Gasteiger partial charge in [0.15, 0.2) is 5.16 Å². The Hall–Kier alpha value is -3.53. The zero-order valence-corrected chi connectivity index (χ0v) is 20.5. The molecule has 0 spiro atoms. The standard InChI is InChI=1S/C25H29N7O2S/c1-30-15-12-26-23(30)22(19-9-4-2-5-10-19)27-21(33)18-35-25-29-28-24(31-13-6-3-7-14-31)32(25)17-20-11-8-16-34-20/h2,4-5,8-12,15-16,22H,3,6-7,13-14,17-18H2,1H3,(H,27,33). The molecule has 9 nitrogen and oxygen atoms in total. The van der Waals surface area contributed by atoms with E-state index in [1.165, 1.54) is 18.2 Å². The van der Waals surface area contributed by atoms with E-state index in [1.807, 2.05) is 60.3 Å². The number of benzene rings is 1. The second-order valence-electron chi connectivity index (χ2n) is 8.59. The van der Waals surface area contributed by atoms with Crippen LogP contribution in [0.4, 0.5) is 5.95 Å². The Balaban J connectivity index is 1.32. The molecule has 1 amide bonds. The molecule has 1 aliphatic heterocycles. The number of imidazole rings is 1. The zero-order chi connectivity index (χ0) is 24.0. The molecule has 1 aromatic carbocycles. The molecule has 4 aromatic rings. The number of carbonyl (C=O) groups excluding carboxylic acids is 1. The molecule has 1 aliphatic rings. The summed E-state index contributed by atoms with van der Waals surface area (Å²) in [7, 11) is 1.93. The Morgan fingerprint density at radius 2 is 1.94 bits per heavy atom. The average Bonchev–Trinajstić information content (AvgIpc) is 3.65. The van der Waals surface area contributed by atoms with Crippen molar-refractivity contribution in [2.45, 2.75) is 37.0 Å². The van der Waals surface area contributed by atoms with Gasteiger partial charge in [-0.15, -0.1) is 10.2 Å². The molecular weight excluding hydrogens is 462 g/mol. The maximum Gasteiger partial charge on any atom is 0.231 e. The van der Waals surface area contributed by atoms with Gasteiger partial charge in [-0.1, -0.05) is 42.1 Å². The van der Waals surface area contributed by atoms with Crippen molar-refractivity contribution in [1.29, 1.82) is 0 Å². The first kappa shape index (κ1) is 23.2. The van der Waals surface area contributed by atoms with Crippen molar-refractivity contribution in [1.82, 2.24) is 29.6 Å². The molecule has 0 aliphatic carbocycles. The minimum atomic E-state index is -0.339. The minimum absolute atomic E-state index is 0.0982. The summed E-state index contributed by atoms with van der Waals surface area (Å²) in [5, 5.41) is 12.8. The van der Waals surface area contributed by atoms with Crippen molar-refractivity contribution in [2.75, 3.05) is 23.7 Å². The van der Waals surface area contributed by atoms with Crippen molar-refractivity contribution in [3.63, 3.8) is 0 Å². The highest BCUT2D eigenvalue weighted by molar-refractivity contribution is 7.99. The Morgan fingerprint density at radius 1 is 1.11 bits per heavy atom. The maximum absolute atomic E-state index is 13.1. The molecule has 0 radical (unpaired) electrons. The number of thioether (sulfide) groups is 1. The van der Waals surface area contributed by atoms with Crippen LogP contribution in [0.2, 0.25) is 0 Å². The Kier molecular flexibility index (Phi) is 7.17. The lowest BCUT2D eigenvalue weighted by atomic mass is 10.1. The number of furan rings is 1. The number of piperidine rings is 1. The first-order valence-corrected chi connectivity index (χ1v) is 12.8. The molecule has 182 valence electrons. The van der Waals surface area contributed by atoms with Crippen molar-refractivity contribution in [2.24, 2.45) is 7.05 Å². The van der Waals surface area contributed by atoms with E-state index in [0.29, 0.717) is 11.7 Å². The number of aromatic nitrogens is 5. The van der Waals surface area contributed by atoms with Crippen LogP contribution < -0.4 is 10.2 Å². The van der Waals surface area contributed by atoms with Crippen molar-refractivity contribution >= 4 is 23.6 Å². The van der Waals surface area contributed by atoms with E-state index >= 15 is 0 Å². The average molecular weight is 492 g/mol. The van der Waals surface area contributed by atoms with Gasteiger partial charge in [0.1, 0.15) is 17.6 Å². The van der Waals surface area contributed by atoms with Gasteiger partial charge in [0.05, 0.1) is 18.6 Å². The summed E-state index contributed by atoms with van der Waals surface area (Å²) < 4.78 is 9.57. The van der Waals surface area contributed by atoms with Gasteiger partial charge in [0.25, 0.3) is 0 Å². The van der Waals surface area contributed by atoms with Crippen molar-refractivity contribution < 1.29 is 9.21 Å². The number of nitrogens with one attached hydrogen (secondary N) is 1. The molecule has 35 heavy (non-hydrogen) atoms. The molecule has 10 heteroatoms. The summed E-state index contributed by atoms with van der Waals surface area (Å²) >= 11 is 1.38. The predicted molar refractivity (Wildman–Crippen MR) is 134 cm³/mol. The van der Waals surface area contributed by atoms with Gasteiger partial charge >= 0.3 is 0 Å². The van der Waals surface area contributed by atoms with Gasteiger partial charge in [0, 0.05) is 32.5 Å². The number of carbonyl (C=O) groups is 1. The normalized spacial score (nSPS) is 14.7. The fourth-order valence-corrected chi connectivity index (χ4v) is 5.09. The highest BCUT2D eigenvalue weighted by Crippen LogP contribution is 2.26. The number of rotatable bonds is 9. The van der Waals surface area contributed by atoms with Crippen LogP contribution in [-0.2, 0) is 18.4 Å². The summed E-state index contributed by atoms with van der Waals surface area (Å²) in [6.07, 6.45) is 8.82.